The zero-order chi connectivity index (χ0) is 23.9. The molecule has 1 unspecified atom stereocenters. The van der Waals surface area contributed by atoms with Gasteiger partial charge in [-0.25, -0.2) is 0 Å². The molecule has 0 bridgehead atoms. The van der Waals surface area contributed by atoms with Crippen LogP contribution in [-0.4, -0.2) is 53.2 Å². The van der Waals surface area contributed by atoms with E-state index >= 15 is 0 Å². The summed E-state index contributed by atoms with van der Waals surface area (Å²) in [4.78, 5) is 5.09. The van der Waals surface area contributed by atoms with Crippen molar-refractivity contribution in [3.63, 3.8) is 0 Å². The van der Waals surface area contributed by atoms with E-state index in [1.54, 1.807) is 11.3 Å². The number of aryl methyl sites for hydroxylation is 1. The van der Waals surface area contributed by atoms with Crippen molar-refractivity contribution in [1.82, 2.24) is 9.80 Å². The summed E-state index contributed by atoms with van der Waals surface area (Å²) in [6.45, 7) is 5.15. The molecule has 0 spiro atoms. The van der Waals surface area contributed by atoms with E-state index in [-0.39, 0.29) is 0 Å². The van der Waals surface area contributed by atoms with Crippen molar-refractivity contribution in [1.29, 1.82) is 0 Å². The van der Waals surface area contributed by atoms with Crippen molar-refractivity contribution in [2.45, 2.75) is 50.0 Å². The zero-order valence-corrected chi connectivity index (χ0v) is 21.5. The van der Waals surface area contributed by atoms with Gasteiger partial charge < -0.3 is 10.0 Å². The largest absolute Gasteiger partial charge is 0.390 e. The third-order valence-corrected chi connectivity index (χ3v) is 8.53. The topological polar surface area (TPSA) is 26.7 Å². The molecule has 0 radical (unpaired) electrons. The van der Waals surface area contributed by atoms with Crippen LogP contribution >= 0.6 is 11.3 Å². The van der Waals surface area contributed by atoms with E-state index in [1.165, 1.54) is 22.3 Å². The van der Waals surface area contributed by atoms with Crippen molar-refractivity contribution in [3.8, 4) is 0 Å². The molecule has 3 heterocycles. The SMILES string of the molecule is OC1(CCCc2ccccc2)CCN(/C=C2\CN(CCc3ccccc3)CC2c2ccsc2)CC1. The van der Waals surface area contributed by atoms with Gasteiger partial charge in [-0.15, -0.1) is 0 Å². The van der Waals surface area contributed by atoms with Crippen LogP contribution in [0.2, 0.25) is 0 Å². The highest BCUT2D eigenvalue weighted by atomic mass is 32.1. The van der Waals surface area contributed by atoms with Gasteiger partial charge in [-0.1, -0.05) is 60.7 Å². The maximum Gasteiger partial charge on any atom is 0.0681 e. The molecule has 3 nitrogen and oxygen atoms in total. The normalized spacial score (nSPS) is 21.6. The van der Waals surface area contributed by atoms with Gasteiger partial charge in [-0.3, -0.25) is 4.90 Å². The summed E-state index contributed by atoms with van der Waals surface area (Å²) in [6.07, 6.45) is 8.28. The molecular formula is C31H38N2OS. The van der Waals surface area contributed by atoms with E-state index in [0.29, 0.717) is 5.92 Å². The molecule has 0 aliphatic carbocycles. The van der Waals surface area contributed by atoms with Crippen molar-refractivity contribution in [3.05, 3.63) is 106 Å². The first kappa shape index (κ1) is 24.3. The number of nitrogens with zero attached hydrogens (tertiary/aromatic N) is 2. The first-order valence-corrected chi connectivity index (χ1v) is 14.1. The third-order valence-electron chi connectivity index (χ3n) is 7.83. The predicted molar refractivity (Wildman–Crippen MR) is 147 cm³/mol. The minimum Gasteiger partial charge on any atom is -0.390 e. The summed E-state index contributed by atoms with van der Waals surface area (Å²) in [5.41, 5.74) is 5.27. The van der Waals surface area contributed by atoms with E-state index in [0.717, 1.165) is 71.2 Å². The van der Waals surface area contributed by atoms with Gasteiger partial charge in [-0.05, 0) is 77.6 Å². The lowest BCUT2D eigenvalue weighted by Crippen LogP contribution is -2.42. The fourth-order valence-corrected chi connectivity index (χ4v) is 6.37. The quantitative estimate of drug-likeness (QED) is 0.394. The van der Waals surface area contributed by atoms with E-state index < -0.39 is 5.60 Å². The van der Waals surface area contributed by atoms with E-state index in [4.69, 9.17) is 0 Å². The highest BCUT2D eigenvalue weighted by molar-refractivity contribution is 7.08. The number of benzene rings is 2. The maximum atomic E-state index is 11.2. The molecule has 5 rings (SSSR count). The van der Waals surface area contributed by atoms with Crippen LogP contribution in [0.15, 0.2) is 89.3 Å². The Morgan fingerprint density at radius 2 is 1.60 bits per heavy atom. The molecule has 0 amide bonds. The number of rotatable bonds is 9. The molecule has 0 saturated carbocycles. The first-order valence-electron chi connectivity index (χ1n) is 13.2. The average molecular weight is 487 g/mol. The molecule has 1 aromatic heterocycles. The lowest BCUT2D eigenvalue weighted by molar-refractivity contribution is -0.0198. The number of thiophene rings is 1. The number of hydrogen-bond donors (Lipinski definition) is 1. The summed E-state index contributed by atoms with van der Waals surface area (Å²) >= 11 is 1.80. The van der Waals surface area contributed by atoms with Gasteiger partial charge in [0.25, 0.3) is 0 Å². The Balaban J connectivity index is 1.16. The smallest absolute Gasteiger partial charge is 0.0681 e. The Morgan fingerprint density at radius 3 is 2.26 bits per heavy atom. The van der Waals surface area contributed by atoms with Crippen LogP contribution < -0.4 is 0 Å². The summed E-state index contributed by atoms with van der Waals surface area (Å²) in [7, 11) is 0. The van der Waals surface area contributed by atoms with Crippen LogP contribution in [0.25, 0.3) is 0 Å². The van der Waals surface area contributed by atoms with Crippen molar-refractivity contribution < 1.29 is 5.11 Å². The van der Waals surface area contributed by atoms with E-state index in [1.807, 2.05) is 0 Å². The summed E-state index contributed by atoms with van der Waals surface area (Å²) in [5.74, 6) is 0.490. The van der Waals surface area contributed by atoms with Crippen LogP contribution in [0.1, 0.15) is 48.3 Å². The van der Waals surface area contributed by atoms with E-state index in [9.17, 15) is 5.11 Å². The van der Waals surface area contributed by atoms with Gasteiger partial charge in [-0.2, -0.15) is 11.3 Å². The molecule has 2 aromatic carbocycles. The molecule has 2 aliphatic rings. The Labute approximate surface area is 214 Å². The average Bonchev–Trinajstić information content (AvgIpc) is 3.56. The van der Waals surface area contributed by atoms with Gasteiger partial charge in [0, 0.05) is 44.8 Å². The Hall–Kier alpha value is -2.40. The molecule has 184 valence electrons. The Bertz CT molecular complexity index is 1060. The fraction of sp³-hybridized carbons (Fsp3) is 0.419. The van der Waals surface area contributed by atoms with Crippen LogP contribution in [0.3, 0.4) is 0 Å². The minimum atomic E-state index is -0.506. The van der Waals surface area contributed by atoms with Gasteiger partial charge in [0.15, 0.2) is 0 Å². The summed E-state index contributed by atoms with van der Waals surface area (Å²) in [5, 5.41) is 15.7. The third kappa shape index (κ3) is 6.63. The summed E-state index contributed by atoms with van der Waals surface area (Å²) < 4.78 is 0. The van der Waals surface area contributed by atoms with Crippen LogP contribution in [0.4, 0.5) is 0 Å². The lowest BCUT2D eigenvalue weighted by Gasteiger charge is -2.38. The number of piperidine rings is 1. The van der Waals surface area contributed by atoms with Crippen molar-refractivity contribution in [2.24, 2.45) is 0 Å². The number of likely N-dealkylation sites (tertiary alicyclic amines) is 2. The monoisotopic (exact) mass is 486 g/mol. The van der Waals surface area contributed by atoms with Gasteiger partial charge >= 0.3 is 0 Å². The van der Waals surface area contributed by atoms with Gasteiger partial charge in [0.2, 0.25) is 0 Å². The van der Waals surface area contributed by atoms with Crippen LogP contribution in [0.5, 0.6) is 0 Å². The molecule has 2 fully saturated rings. The molecular weight excluding hydrogens is 448 g/mol. The zero-order valence-electron chi connectivity index (χ0n) is 20.7. The molecule has 4 heteroatoms. The van der Waals surface area contributed by atoms with Crippen LogP contribution in [-0.2, 0) is 12.8 Å². The number of aliphatic hydroxyl groups is 1. The van der Waals surface area contributed by atoms with Gasteiger partial charge in [0.1, 0.15) is 0 Å². The highest BCUT2D eigenvalue weighted by Gasteiger charge is 2.33. The fourth-order valence-electron chi connectivity index (χ4n) is 5.65. The maximum absolute atomic E-state index is 11.2. The minimum absolute atomic E-state index is 0.490. The molecule has 2 aliphatic heterocycles. The standard InChI is InChI=1S/C31H38N2OS/c34-31(15-7-12-26-8-3-1-4-9-26)16-19-32(20-17-31)22-29-23-33(18-13-27-10-5-2-6-11-27)24-30(29)28-14-21-35-25-28/h1-6,8-11,14,21-22,25,30,34H,7,12-13,15-20,23-24H2/b29-22+. The molecule has 35 heavy (non-hydrogen) atoms. The molecule has 2 saturated heterocycles. The van der Waals surface area contributed by atoms with Crippen molar-refractivity contribution >= 4 is 11.3 Å². The highest BCUT2D eigenvalue weighted by Crippen LogP contribution is 2.35. The van der Waals surface area contributed by atoms with Crippen molar-refractivity contribution in [2.75, 3.05) is 32.7 Å². The Kier molecular flexibility index (Phi) is 8.02. The molecule has 1 N–H and O–H groups in total. The second-order valence-corrected chi connectivity index (χ2v) is 11.2. The second-order valence-electron chi connectivity index (χ2n) is 10.4. The summed E-state index contributed by atoms with van der Waals surface area (Å²) in [6, 6.07) is 23.8. The molecule has 3 aromatic rings. The van der Waals surface area contributed by atoms with Crippen LogP contribution in [0, 0.1) is 0 Å². The molecule has 1 atom stereocenters. The Morgan fingerprint density at radius 1 is 0.914 bits per heavy atom. The first-order chi connectivity index (χ1) is 17.2. The van der Waals surface area contributed by atoms with E-state index in [2.05, 4.69) is 93.5 Å². The lowest BCUT2D eigenvalue weighted by atomic mass is 9.86. The number of hydrogen-bond acceptors (Lipinski definition) is 4. The van der Waals surface area contributed by atoms with Gasteiger partial charge in [0.05, 0.1) is 5.60 Å². The predicted octanol–water partition coefficient (Wildman–Crippen LogP) is 6.12. The second kappa shape index (κ2) is 11.6.